The summed E-state index contributed by atoms with van der Waals surface area (Å²) in [4.78, 5) is 12.1. The number of anilines is 1. The van der Waals surface area contributed by atoms with Gasteiger partial charge in [-0.3, -0.25) is 0 Å². The molecule has 130 valence electrons. The number of hydrogen-bond acceptors (Lipinski definition) is 5. The molecular weight excluding hydrogens is 348 g/mol. The molecule has 4 rings (SSSR count). The lowest BCUT2D eigenvalue weighted by atomic mass is 10.1. The molecule has 0 atom stereocenters. The van der Waals surface area contributed by atoms with Gasteiger partial charge >= 0.3 is 0 Å². The number of H-pyrrole nitrogens is 1. The first kappa shape index (κ1) is 16.3. The molecule has 0 aliphatic carbocycles. The summed E-state index contributed by atoms with van der Waals surface area (Å²) in [7, 11) is -3.51. The number of hydrogen-bond donors (Lipinski definition) is 2. The summed E-state index contributed by atoms with van der Waals surface area (Å²) in [6, 6.07) is 17.5. The molecule has 0 aliphatic heterocycles. The highest BCUT2D eigenvalue weighted by molar-refractivity contribution is 7.90. The van der Waals surface area contributed by atoms with Crippen LogP contribution in [0.15, 0.2) is 71.8 Å². The van der Waals surface area contributed by atoms with E-state index in [2.05, 4.69) is 15.0 Å². The number of nitrogens with two attached hydrogens (primary N) is 1. The first-order valence-corrected chi connectivity index (χ1v) is 9.65. The molecule has 2 heterocycles. The second-order valence-corrected chi connectivity index (χ2v) is 7.95. The quantitative estimate of drug-likeness (QED) is 0.579. The van der Waals surface area contributed by atoms with Gasteiger partial charge in [-0.15, -0.1) is 0 Å². The Labute approximate surface area is 150 Å². The molecule has 0 radical (unpaired) electrons. The maximum atomic E-state index is 12.6. The molecule has 0 fully saturated rings. The van der Waals surface area contributed by atoms with Gasteiger partial charge in [-0.05, 0) is 36.4 Å². The lowest BCUT2D eigenvalue weighted by Gasteiger charge is -2.08. The SMILES string of the molecule is Nc1cc(CS(=O)(=O)c2ccccc2)nc(-c2ccc3[nH]ccc3c2)n1. The van der Waals surface area contributed by atoms with Crippen molar-refractivity contribution in [1.82, 2.24) is 15.0 Å². The molecule has 0 bridgehead atoms. The number of fused-ring (bicyclic) bond motifs is 1. The van der Waals surface area contributed by atoms with Crippen LogP contribution in [0.5, 0.6) is 0 Å². The topological polar surface area (TPSA) is 102 Å². The minimum absolute atomic E-state index is 0.233. The Hall–Kier alpha value is -3.19. The molecule has 0 amide bonds. The van der Waals surface area contributed by atoms with Crippen LogP contribution in [0, 0.1) is 0 Å². The van der Waals surface area contributed by atoms with Crippen LogP contribution in [-0.4, -0.2) is 23.4 Å². The summed E-state index contributed by atoms with van der Waals surface area (Å²) in [6.07, 6.45) is 1.85. The number of aromatic amines is 1. The number of rotatable bonds is 4. The first-order chi connectivity index (χ1) is 12.5. The van der Waals surface area contributed by atoms with Crippen molar-refractivity contribution in [3.63, 3.8) is 0 Å². The van der Waals surface area contributed by atoms with E-state index in [-0.39, 0.29) is 16.5 Å². The molecule has 0 aliphatic rings. The highest BCUT2D eigenvalue weighted by Gasteiger charge is 2.17. The lowest BCUT2D eigenvalue weighted by molar-refractivity contribution is 0.594. The molecule has 0 saturated heterocycles. The average Bonchev–Trinajstić information content (AvgIpc) is 3.09. The highest BCUT2D eigenvalue weighted by atomic mass is 32.2. The zero-order valence-corrected chi connectivity index (χ0v) is 14.6. The van der Waals surface area contributed by atoms with Gasteiger partial charge in [0.05, 0.1) is 16.3 Å². The number of nitrogen functional groups attached to an aromatic ring is 1. The molecule has 0 unspecified atom stereocenters. The standard InChI is InChI=1S/C19H16N4O2S/c20-18-11-15(12-26(24,25)16-4-2-1-3-5-16)22-19(23-18)14-6-7-17-13(10-14)8-9-21-17/h1-11,21H,12H2,(H2,20,22,23). The van der Waals surface area contributed by atoms with Crippen LogP contribution in [0.2, 0.25) is 0 Å². The van der Waals surface area contributed by atoms with E-state index in [0.717, 1.165) is 16.5 Å². The number of nitrogens with zero attached hydrogens (tertiary/aromatic N) is 2. The van der Waals surface area contributed by atoms with Crippen LogP contribution in [0.1, 0.15) is 5.69 Å². The van der Waals surface area contributed by atoms with Crippen LogP contribution in [0.3, 0.4) is 0 Å². The maximum Gasteiger partial charge on any atom is 0.184 e. The predicted molar refractivity (Wildman–Crippen MR) is 101 cm³/mol. The maximum absolute atomic E-state index is 12.6. The highest BCUT2D eigenvalue weighted by Crippen LogP contribution is 2.23. The van der Waals surface area contributed by atoms with Gasteiger partial charge in [0.15, 0.2) is 15.7 Å². The van der Waals surface area contributed by atoms with Crippen molar-refractivity contribution in [3.05, 3.63) is 72.6 Å². The third kappa shape index (κ3) is 3.16. The number of aromatic nitrogens is 3. The molecule has 6 nitrogen and oxygen atoms in total. The Morgan fingerprint density at radius 2 is 1.77 bits per heavy atom. The minimum Gasteiger partial charge on any atom is -0.384 e. The van der Waals surface area contributed by atoms with Crippen molar-refractivity contribution in [1.29, 1.82) is 0 Å². The van der Waals surface area contributed by atoms with Gasteiger partial charge < -0.3 is 10.7 Å². The summed E-state index contributed by atoms with van der Waals surface area (Å²) in [5.74, 6) is 0.414. The fourth-order valence-electron chi connectivity index (χ4n) is 2.82. The molecule has 0 saturated carbocycles. The summed E-state index contributed by atoms with van der Waals surface area (Å²) in [5, 5.41) is 1.02. The van der Waals surface area contributed by atoms with Crippen molar-refractivity contribution in [2.75, 3.05) is 5.73 Å². The van der Waals surface area contributed by atoms with Gasteiger partial charge in [-0.1, -0.05) is 18.2 Å². The van der Waals surface area contributed by atoms with E-state index in [9.17, 15) is 8.42 Å². The van der Waals surface area contributed by atoms with Crippen LogP contribution in [-0.2, 0) is 15.6 Å². The summed E-state index contributed by atoms with van der Waals surface area (Å²) in [6.45, 7) is 0. The minimum atomic E-state index is -3.51. The van der Waals surface area contributed by atoms with Crippen LogP contribution >= 0.6 is 0 Å². The lowest BCUT2D eigenvalue weighted by Crippen LogP contribution is -2.08. The van der Waals surface area contributed by atoms with Crippen molar-refractivity contribution >= 4 is 26.6 Å². The third-order valence-electron chi connectivity index (χ3n) is 4.05. The monoisotopic (exact) mass is 364 g/mol. The Bertz CT molecular complexity index is 1180. The smallest absolute Gasteiger partial charge is 0.184 e. The van der Waals surface area contributed by atoms with Crippen molar-refractivity contribution in [2.24, 2.45) is 0 Å². The fraction of sp³-hybridized carbons (Fsp3) is 0.0526. The van der Waals surface area contributed by atoms with E-state index < -0.39 is 9.84 Å². The van der Waals surface area contributed by atoms with E-state index in [1.807, 2.05) is 30.5 Å². The van der Waals surface area contributed by atoms with Crippen molar-refractivity contribution in [3.8, 4) is 11.4 Å². The Kier molecular flexibility index (Phi) is 3.93. The second kappa shape index (κ2) is 6.27. The van der Waals surface area contributed by atoms with Gasteiger partial charge in [-0.2, -0.15) is 0 Å². The second-order valence-electron chi connectivity index (χ2n) is 5.96. The largest absolute Gasteiger partial charge is 0.384 e. The van der Waals surface area contributed by atoms with Gasteiger partial charge in [0.1, 0.15) is 5.82 Å². The summed E-state index contributed by atoms with van der Waals surface area (Å²) < 4.78 is 25.2. The van der Waals surface area contributed by atoms with Gasteiger partial charge in [0.2, 0.25) is 0 Å². The van der Waals surface area contributed by atoms with E-state index in [4.69, 9.17) is 5.73 Å². The van der Waals surface area contributed by atoms with Gasteiger partial charge in [-0.25, -0.2) is 18.4 Å². The van der Waals surface area contributed by atoms with E-state index >= 15 is 0 Å². The molecule has 7 heteroatoms. The molecule has 0 spiro atoms. The Balaban J connectivity index is 1.72. The average molecular weight is 364 g/mol. The Morgan fingerprint density at radius 3 is 2.58 bits per heavy atom. The molecule has 4 aromatic rings. The third-order valence-corrected chi connectivity index (χ3v) is 5.72. The van der Waals surface area contributed by atoms with Crippen molar-refractivity contribution < 1.29 is 8.42 Å². The summed E-state index contributed by atoms with van der Waals surface area (Å²) in [5.41, 5.74) is 8.05. The predicted octanol–water partition coefficient (Wildman–Crippen LogP) is 3.18. The van der Waals surface area contributed by atoms with Crippen molar-refractivity contribution in [2.45, 2.75) is 10.6 Å². The molecular formula is C19H16N4O2S. The molecule has 2 aromatic carbocycles. The first-order valence-electron chi connectivity index (χ1n) is 8.00. The van der Waals surface area contributed by atoms with Gasteiger partial charge in [0.25, 0.3) is 0 Å². The van der Waals surface area contributed by atoms with Crippen LogP contribution in [0.4, 0.5) is 5.82 Å². The molecule has 26 heavy (non-hydrogen) atoms. The van der Waals surface area contributed by atoms with E-state index in [0.29, 0.717) is 11.5 Å². The number of nitrogens with one attached hydrogen (secondary N) is 1. The summed E-state index contributed by atoms with van der Waals surface area (Å²) >= 11 is 0. The van der Waals surface area contributed by atoms with Crippen LogP contribution in [0.25, 0.3) is 22.3 Å². The zero-order chi connectivity index (χ0) is 18.1. The van der Waals surface area contributed by atoms with Crippen LogP contribution < -0.4 is 5.73 Å². The van der Waals surface area contributed by atoms with E-state index in [1.54, 1.807) is 30.3 Å². The molecule has 2 aromatic heterocycles. The zero-order valence-electron chi connectivity index (χ0n) is 13.8. The fourth-order valence-corrected chi connectivity index (χ4v) is 4.10. The molecule has 3 N–H and O–H groups in total. The van der Waals surface area contributed by atoms with Gasteiger partial charge in [0, 0.05) is 28.7 Å². The number of benzene rings is 2. The Morgan fingerprint density at radius 1 is 0.962 bits per heavy atom. The normalized spacial score (nSPS) is 11.7. The number of sulfone groups is 1. The van der Waals surface area contributed by atoms with E-state index in [1.165, 1.54) is 6.07 Å².